The lowest BCUT2D eigenvalue weighted by Gasteiger charge is -2.19. The summed E-state index contributed by atoms with van der Waals surface area (Å²) in [6, 6.07) is 6.95. The Kier molecular flexibility index (Phi) is 4.58. The summed E-state index contributed by atoms with van der Waals surface area (Å²) in [6.07, 6.45) is 0. The summed E-state index contributed by atoms with van der Waals surface area (Å²) in [4.78, 5) is 11.4. The van der Waals surface area contributed by atoms with Gasteiger partial charge in [-0.2, -0.15) is 0 Å². The number of alkyl halides is 1. The molecule has 0 aliphatic carbocycles. The molecule has 0 unspecified atom stereocenters. The number of carbonyl (C=O) groups excluding carboxylic acids is 1. The zero-order valence-electron chi connectivity index (χ0n) is 9.62. The van der Waals surface area contributed by atoms with Crippen molar-refractivity contribution in [1.82, 2.24) is 0 Å². The summed E-state index contributed by atoms with van der Waals surface area (Å²) < 4.78 is 10.3. The maximum atomic E-state index is 11.4. The number of halogens is 1. The van der Waals surface area contributed by atoms with E-state index in [1.165, 1.54) is 0 Å². The fourth-order valence-electron chi connectivity index (χ4n) is 1.15. The number of esters is 1. The number of ether oxygens (including phenoxy) is 2. The number of hydrogen-bond donors (Lipinski definition) is 0. The van der Waals surface area contributed by atoms with Crippen LogP contribution in [0.2, 0.25) is 0 Å². The molecule has 0 saturated heterocycles. The van der Waals surface area contributed by atoms with Crippen LogP contribution in [0.5, 0.6) is 5.75 Å². The van der Waals surface area contributed by atoms with Gasteiger partial charge in [0.15, 0.2) is 3.61 Å². The lowest BCUT2D eigenvalue weighted by atomic mass is 10.2. The molecule has 1 rings (SSSR count). The van der Waals surface area contributed by atoms with Gasteiger partial charge in [-0.15, -0.1) is 0 Å². The quantitative estimate of drug-likeness (QED) is 0.481. The predicted molar refractivity (Wildman–Crippen MR) is 71.1 cm³/mol. The summed E-state index contributed by atoms with van der Waals surface area (Å²) in [7, 11) is 0. The zero-order chi connectivity index (χ0) is 12.2. The first-order valence-corrected chi connectivity index (χ1v) is 6.15. The Hall–Kier alpha value is -0.780. The third kappa shape index (κ3) is 4.38. The maximum absolute atomic E-state index is 11.4. The van der Waals surface area contributed by atoms with E-state index in [4.69, 9.17) is 9.47 Å². The first kappa shape index (κ1) is 13.3. The Morgan fingerprint density at radius 1 is 1.31 bits per heavy atom. The molecule has 1 aromatic carbocycles. The van der Waals surface area contributed by atoms with Crippen LogP contribution in [-0.2, 0) is 4.74 Å². The minimum absolute atomic E-state index is 0.261. The molecule has 0 aliphatic rings. The van der Waals surface area contributed by atoms with E-state index in [1.54, 1.807) is 31.2 Å². The van der Waals surface area contributed by atoms with Crippen LogP contribution >= 0.6 is 22.6 Å². The summed E-state index contributed by atoms with van der Waals surface area (Å²) in [6.45, 7) is 6.10. The molecule has 0 heterocycles. The van der Waals surface area contributed by atoms with Gasteiger partial charge < -0.3 is 9.47 Å². The van der Waals surface area contributed by atoms with Crippen LogP contribution in [0, 0.1) is 0 Å². The third-order valence-electron chi connectivity index (χ3n) is 1.73. The van der Waals surface area contributed by atoms with E-state index in [2.05, 4.69) is 22.6 Å². The maximum Gasteiger partial charge on any atom is 0.338 e. The van der Waals surface area contributed by atoms with E-state index in [-0.39, 0.29) is 9.58 Å². The topological polar surface area (TPSA) is 35.5 Å². The van der Waals surface area contributed by atoms with Crippen molar-refractivity contribution in [3.05, 3.63) is 29.8 Å². The van der Waals surface area contributed by atoms with Gasteiger partial charge >= 0.3 is 5.97 Å². The summed E-state index contributed by atoms with van der Waals surface area (Å²) in [5.41, 5.74) is 0.542. The second-order valence-electron chi connectivity index (χ2n) is 3.71. The second kappa shape index (κ2) is 5.52. The van der Waals surface area contributed by atoms with Gasteiger partial charge in [-0.1, -0.05) is 0 Å². The standard InChI is InChI=1S/C12H15IO3/c1-4-15-11(14)9-5-7-10(8-6-9)16-12(2,3)13/h5-8H,4H2,1-3H3. The van der Waals surface area contributed by atoms with Crippen LogP contribution in [0.15, 0.2) is 24.3 Å². The highest BCUT2D eigenvalue weighted by molar-refractivity contribution is 14.1. The molecule has 88 valence electrons. The van der Waals surface area contributed by atoms with Gasteiger partial charge in [0, 0.05) is 0 Å². The molecule has 0 saturated carbocycles. The highest BCUT2D eigenvalue weighted by Gasteiger charge is 2.14. The number of benzene rings is 1. The Morgan fingerprint density at radius 3 is 2.31 bits per heavy atom. The Morgan fingerprint density at radius 2 is 1.88 bits per heavy atom. The molecular weight excluding hydrogens is 319 g/mol. The van der Waals surface area contributed by atoms with Crippen molar-refractivity contribution in [3.8, 4) is 5.75 Å². The molecule has 0 atom stereocenters. The molecule has 3 nitrogen and oxygen atoms in total. The molecule has 16 heavy (non-hydrogen) atoms. The molecule has 0 N–H and O–H groups in total. The van der Waals surface area contributed by atoms with Crippen molar-refractivity contribution in [2.75, 3.05) is 6.61 Å². The third-order valence-corrected chi connectivity index (χ3v) is 1.95. The van der Waals surface area contributed by atoms with Crippen molar-refractivity contribution in [3.63, 3.8) is 0 Å². The largest absolute Gasteiger partial charge is 0.478 e. The second-order valence-corrected chi connectivity index (χ2v) is 6.31. The van der Waals surface area contributed by atoms with Crippen molar-refractivity contribution in [1.29, 1.82) is 0 Å². The summed E-state index contributed by atoms with van der Waals surface area (Å²) >= 11 is 2.20. The minimum atomic E-state index is -0.303. The molecule has 0 fully saturated rings. The van der Waals surface area contributed by atoms with Crippen LogP contribution in [0.4, 0.5) is 0 Å². The molecule has 1 aromatic rings. The summed E-state index contributed by atoms with van der Waals surface area (Å²) in [5, 5.41) is 0. The lowest BCUT2D eigenvalue weighted by Crippen LogP contribution is -2.18. The molecule has 0 aliphatic heterocycles. The lowest BCUT2D eigenvalue weighted by molar-refractivity contribution is 0.0526. The van der Waals surface area contributed by atoms with Gasteiger partial charge in [0.05, 0.1) is 12.2 Å². The SMILES string of the molecule is CCOC(=O)c1ccc(OC(C)(C)I)cc1. The fourth-order valence-corrected chi connectivity index (χ4v) is 1.41. The predicted octanol–water partition coefficient (Wildman–Crippen LogP) is 3.41. The van der Waals surface area contributed by atoms with E-state index in [1.807, 2.05) is 13.8 Å². The van der Waals surface area contributed by atoms with Crippen LogP contribution in [0.3, 0.4) is 0 Å². The van der Waals surface area contributed by atoms with Crippen molar-refractivity contribution in [2.45, 2.75) is 24.4 Å². The van der Waals surface area contributed by atoms with Crippen LogP contribution in [0.25, 0.3) is 0 Å². The molecule has 0 amide bonds. The summed E-state index contributed by atoms with van der Waals surface area (Å²) in [5.74, 6) is 0.440. The molecule has 0 radical (unpaired) electrons. The molecule has 0 aromatic heterocycles. The van der Waals surface area contributed by atoms with Crippen LogP contribution in [0.1, 0.15) is 31.1 Å². The highest BCUT2D eigenvalue weighted by Crippen LogP contribution is 2.23. The Labute approximate surface area is 109 Å². The molecule has 4 heteroatoms. The Balaban J connectivity index is 2.72. The van der Waals surface area contributed by atoms with E-state index in [9.17, 15) is 4.79 Å². The van der Waals surface area contributed by atoms with Gasteiger partial charge in [0.25, 0.3) is 0 Å². The number of carbonyl (C=O) groups is 1. The fraction of sp³-hybridized carbons (Fsp3) is 0.417. The average molecular weight is 334 g/mol. The van der Waals surface area contributed by atoms with Gasteiger partial charge in [-0.3, -0.25) is 0 Å². The normalized spacial score (nSPS) is 11.0. The van der Waals surface area contributed by atoms with Gasteiger partial charge in [0.1, 0.15) is 5.75 Å². The minimum Gasteiger partial charge on any atom is -0.478 e. The molecule has 0 spiro atoms. The van der Waals surface area contributed by atoms with Gasteiger partial charge in [-0.25, -0.2) is 4.79 Å². The smallest absolute Gasteiger partial charge is 0.338 e. The van der Waals surface area contributed by atoms with Crippen molar-refractivity contribution in [2.24, 2.45) is 0 Å². The number of hydrogen-bond acceptors (Lipinski definition) is 3. The van der Waals surface area contributed by atoms with Crippen molar-refractivity contribution >= 4 is 28.6 Å². The Bertz CT molecular complexity index is 352. The molecule has 0 bridgehead atoms. The molecular formula is C12H15IO3. The first-order chi connectivity index (χ1) is 7.42. The first-order valence-electron chi connectivity index (χ1n) is 5.07. The average Bonchev–Trinajstić information content (AvgIpc) is 2.16. The monoisotopic (exact) mass is 334 g/mol. The van der Waals surface area contributed by atoms with Crippen molar-refractivity contribution < 1.29 is 14.3 Å². The van der Waals surface area contributed by atoms with E-state index in [0.29, 0.717) is 12.2 Å². The van der Waals surface area contributed by atoms with E-state index in [0.717, 1.165) is 5.75 Å². The number of rotatable bonds is 4. The highest BCUT2D eigenvalue weighted by atomic mass is 127. The van der Waals surface area contributed by atoms with E-state index >= 15 is 0 Å². The van der Waals surface area contributed by atoms with E-state index < -0.39 is 0 Å². The van der Waals surface area contributed by atoms with Crippen LogP contribution in [-0.4, -0.2) is 16.2 Å². The zero-order valence-corrected chi connectivity index (χ0v) is 11.8. The van der Waals surface area contributed by atoms with Gasteiger partial charge in [-0.05, 0) is 67.6 Å². The van der Waals surface area contributed by atoms with Crippen LogP contribution < -0.4 is 4.74 Å². The van der Waals surface area contributed by atoms with Gasteiger partial charge in [0.2, 0.25) is 0 Å².